The number of sulfonamides is 1. The first-order valence-electron chi connectivity index (χ1n) is 5.86. The molecule has 0 unspecified atom stereocenters. The van der Waals surface area contributed by atoms with Gasteiger partial charge in [-0.25, -0.2) is 13.1 Å². The van der Waals surface area contributed by atoms with Gasteiger partial charge in [0, 0.05) is 13.0 Å². The zero-order chi connectivity index (χ0) is 15.2. The number of amides is 1. The molecule has 1 aromatic carbocycles. The number of hydrogen-bond acceptors (Lipinski definition) is 4. The van der Waals surface area contributed by atoms with Gasteiger partial charge in [-0.05, 0) is 19.1 Å². The lowest BCUT2D eigenvalue weighted by Crippen LogP contribution is -2.33. The minimum absolute atomic E-state index is 0.0956. The third-order valence-electron chi connectivity index (χ3n) is 2.41. The molecule has 0 saturated heterocycles. The summed E-state index contributed by atoms with van der Waals surface area (Å²) in [5, 5.41) is 10.5. The quantitative estimate of drug-likeness (QED) is 0.649. The minimum atomic E-state index is -3.65. The van der Waals surface area contributed by atoms with Gasteiger partial charge >= 0.3 is 5.97 Å². The molecule has 110 valence electrons. The summed E-state index contributed by atoms with van der Waals surface area (Å²) in [4.78, 5) is 21.5. The Kier molecular flexibility index (Phi) is 5.66. The fourth-order valence-electron chi connectivity index (χ4n) is 1.36. The fourth-order valence-corrected chi connectivity index (χ4v) is 2.39. The largest absolute Gasteiger partial charge is 0.480 e. The number of carbonyl (C=O) groups excluding carboxylic acids is 1. The predicted molar refractivity (Wildman–Crippen MR) is 71.6 cm³/mol. The average molecular weight is 300 g/mol. The van der Waals surface area contributed by atoms with Gasteiger partial charge in [0.05, 0.1) is 4.90 Å². The smallest absolute Gasteiger partial charge is 0.322 e. The van der Waals surface area contributed by atoms with Crippen molar-refractivity contribution >= 4 is 21.9 Å². The molecule has 0 aliphatic carbocycles. The number of carbonyl (C=O) groups is 2. The molecule has 0 heterocycles. The second-order valence-corrected chi connectivity index (χ2v) is 5.90. The highest BCUT2D eigenvalue weighted by Crippen LogP contribution is 2.09. The normalized spacial score (nSPS) is 11.1. The van der Waals surface area contributed by atoms with Gasteiger partial charge in [-0.1, -0.05) is 17.7 Å². The van der Waals surface area contributed by atoms with E-state index in [1.807, 2.05) is 6.92 Å². The summed E-state index contributed by atoms with van der Waals surface area (Å²) in [6.45, 7) is 1.27. The molecule has 0 fully saturated rings. The van der Waals surface area contributed by atoms with Crippen LogP contribution in [0.5, 0.6) is 0 Å². The van der Waals surface area contributed by atoms with Gasteiger partial charge in [0.1, 0.15) is 6.54 Å². The zero-order valence-electron chi connectivity index (χ0n) is 10.9. The Labute approximate surface area is 117 Å². The van der Waals surface area contributed by atoms with Gasteiger partial charge in [-0.2, -0.15) is 0 Å². The van der Waals surface area contributed by atoms with Gasteiger partial charge in [0.15, 0.2) is 0 Å². The topological polar surface area (TPSA) is 113 Å². The first kappa shape index (κ1) is 16.1. The Balaban J connectivity index is 2.46. The number of carboxylic acid groups (broad SMARTS) is 1. The van der Waals surface area contributed by atoms with Crippen molar-refractivity contribution in [3.05, 3.63) is 29.8 Å². The van der Waals surface area contributed by atoms with E-state index in [1.165, 1.54) is 12.1 Å². The molecule has 1 amide bonds. The third-order valence-corrected chi connectivity index (χ3v) is 3.89. The zero-order valence-corrected chi connectivity index (χ0v) is 11.7. The lowest BCUT2D eigenvalue weighted by molar-refractivity contribution is -0.137. The Bertz CT molecular complexity index is 580. The second-order valence-electron chi connectivity index (χ2n) is 4.13. The second kappa shape index (κ2) is 7.01. The molecule has 7 nitrogen and oxygen atoms in total. The van der Waals surface area contributed by atoms with Crippen molar-refractivity contribution in [2.24, 2.45) is 0 Å². The van der Waals surface area contributed by atoms with Crippen molar-refractivity contribution < 1.29 is 23.1 Å². The maximum atomic E-state index is 11.9. The SMILES string of the molecule is Cc1ccc(S(=O)(=O)NCCC(=O)NCC(=O)O)cc1. The van der Waals surface area contributed by atoms with Crippen LogP contribution in [0.1, 0.15) is 12.0 Å². The Hall–Kier alpha value is -1.93. The highest BCUT2D eigenvalue weighted by molar-refractivity contribution is 7.89. The van der Waals surface area contributed by atoms with Crippen molar-refractivity contribution in [3.8, 4) is 0 Å². The number of rotatable bonds is 7. The Morgan fingerprint density at radius 1 is 1.20 bits per heavy atom. The van der Waals surface area contributed by atoms with Crippen LogP contribution >= 0.6 is 0 Å². The highest BCUT2D eigenvalue weighted by Gasteiger charge is 2.13. The van der Waals surface area contributed by atoms with Crippen molar-refractivity contribution in [2.45, 2.75) is 18.2 Å². The van der Waals surface area contributed by atoms with Crippen LogP contribution < -0.4 is 10.0 Å². The summed E-state index contributed by atoms with van der Waals surface area (Å²) in [5.41, 5.74) is 0.942. The van der Waals surface area contributed by atoms with Crippen LogP contribution in [0.4, 0.5) is 0 Å². The summed E-state index contributed by atoms with van der Waals surface area (Å²) >= 11 is 0. The van der Waals surface area contributed by atoms with Crippen LogP contribution in [0.2, 0.25) is 0 Å². The maximum Gasteiger partial charge on any atom is 0.322 e. The molecule has 3 N–H and O–H groups in total. The number of nitrogens with one attached hydrogen (secondary N) is 2. The molecule has 8 heteroatoms. The van der Waals surface area contributed by atoms with E-state index in [1.54, 1.807) is 12.1 Å². The van der Waals surface area contributed by atoms with Gasteiger partial charge in [-0.3, -0.25) is 9.59 Å². The first-order chi connectivity index (χ1) is 9.31. The number of aliphatic carboxylic acids is 1. The molecular weight excluding hydrogens is 284 g/mol. The van der Waals surface area contributed by atoms with Crippen molar-refractivity contribution in [1.29, 1.82) is 0 Å². The van der Waals surface area contributed by atoms with Crippen LogP contribution in [-0.4, -0.2) is 38.5 Å². The van der Waals surface area contributed by atoms with E-state index in [9.17, 15) is 18.0 Å². The van der Waals surface area contributed by atoms with Crippen LogP contribution in [0.3, 0.4) is 0 Å². The maximum absolute atomic E-state index is 11.9. The van der Waals surface area contributed by atoms with Crippen LogP contribution in [0, 0.1) is 6.92 Å². The van der Waals surface area contributed by atoms with Crippen molar-refractivity contribution in [2.75, 3.05) is 13.1 Å². The van der Waals surface area contributed by atoms with E-state index in [0.717, 1.165) is 5.56 Å². The van der Waals surface area contributed by atoms with Crippen molar-refractivity contribution in [3.63, 3.8) is 0 Å². The summed E-state index contributed by atoms with van der Waals surface area (Å²) in [6.07, 6.45) is -0.127. The molecule has 0 spiro atoms. The molecule has 20 heavy (non-hydrogen) atoms. The van der Waals surface area contributed by atoms with E-state index < -0.39 is 28.4 Å². The van der Waals surface area contributed by atoms with Gasteiger partial charge < -0.3 is 10.4 Å². The first-order valence-corrected chi connectivity index (χ1v) is 7.34. The number of aryl methyl sites for hydroxylation is 1. The van der Waals surface area contributed by atoms with Crippen molar-refractivity contribution in [1.82, 2.24) is 10.0 Å². The number of carboxylic acids is 1. The van der Waals surface area contributed by atoms with E-state index >= 15 is 0 Å². The number of hydrogen-bond donors (Lipinski definition) is 3. The highest BCUT2D eigenvalue weighted by atomic mass is 32.2. The van der Waals surface area contributed by atoms with Crippen LogP contribution in [0.15, 0.2) is 29.2 Å². The molecule has 0 aliphatic heterocycles. The summed E-state index contributed by atoms with van der Waals surface area (Å²) in [7, 11) is -3.65. The van der Waals surface area contributed by atoms with E-state index in [0.29, 0.717) is 0 Å². The molecule has 0 aliphatic rings. The number of benzene rings is 1. The summed E-state index contributed by atoms with van der Waals surface area (Å²) < 4.78 is 26.0. The van der Waals surface area contributed by atoms with Gasteiger partial charge in [-0.15, -0.1) is 0 Å². The molecule has 0 bridgehead atoms. The Morgan fingerprint density at radius 2 is 1.80 bits per heavy atom. The fraction of sp³-hybridized carbons (Fsp3) is 0.333. The molecule has 0 saturated carbocycles. The Morgan fingerprint density at radius 3 is 2.35 bits per heavy atom. The van der Waals surface area contributed by atoms with E-state index in [4.69, 9.17) is 5.11 Å². The third kappa shape index (κ3) is 5.37. The molecule has 0 aromatic heterocycles. The van der Waals surface area contributed by atoms with Gasteiger partial charge in [0.25, 0.3) is 0 Å². The molecule has 1 aromatic rings. The predicted octanol–water partition coefficient (Wildman–Crippen LogP) is -0.136. The summed E-state index contributed by atoms with van der Waals surface area (Å²) in [5.74, 6) is -1.68. The monoisotopic (exact) mass is 300 g/mol. The van der Waals surface area contributed by atoms with Crippen LogP contribution in [0.25, 0.3) is 0 Å². The summed E-state index contributed by atoms with van der Waals surface area (Å²) in [6, 6.07) is 6.30. The molecular formula is C12H16N2O5S. The van der Waals surface area contributed by atoms with E-state index in [2.05, 4.69) is 10.0 Å². The molecule has 1 rings (SSSR count). The molecule has 0 atom stereocenters. The standard InChI is InChI=1S/C12H16N2O5S/c1-9-2-4-10(5-3-9)20(18,19)14-7-6-11(15)13-8-12(16)17/h2-5,14H,6-8H2,1H3,(H,13,15)(H,16,17). The lowest BCUT2D eigenvalue weighted by atomic mass is 10.2. The minimum Gasteiger partial charge on any atom is -0.480 e. The lowest BCUT2D eigenvalue weighted by Gasteiger charge is -2.07. The van der Waals surface area contributed by atoms with Crippen LogP contribution in [-0.2, 0) is 19.6 Å². The van der Waals surface area contributed by atoms with Gasteiger partial charge in [0.2, 0.25) is 15.9 Å². The average Bonchev–Trinajstić information content (AvgIpc) is 2.36. The van der Waals surface area contributed by atoms with E-state index in [-0.39, 0.29) is 17.9 Å². The molecule has 0 radical (unpaired) electrons.